The molecule has 0 saturated heterocycles. The van der Waals surface area contributed by atoms with Gasteiger partial charge in [0.15, 0.2) is 0 Å². The second-order valence-electron chi connectivity index (χ2n) is 5.43. The largest absolute Gasteiger partial charge is 0.324 e. The Morgan fingerprint density at radius 3 is 2.75 bits per heavy atom. The van der Waals surface area contributed by atoms with Gasteiger partial charge in [-0.15, -0.1) is 0 Å². The molecule has 1 nitrogen and oxygen atoms in total. The van der Waals surface area contributed by atoms with Crippen LogP contribution in [0, 0.1) is 5.82 Å². The quantitative estimate of drug-likeness (QED) is 0.900. The van der Waals surface area contributed by atoms with E-state index in [1.54, 1.807) is 6.07 Å². The fraction of sp³-hybridized carbons (Fsp3) is 0.294. The molecule has 3 rings (SSSR count). The van der Waals surface area contributed by atoms with E-state index in [-0.39, 0.29) is 11.9 Å². The van der Waals surface area contributed by atoms with Crippen LogP contribution in [0.25, 0.3) is 0 Å². The first-order chi connectivity index (χ1) is 9.63. The zero-order valence-electron chi connectivity index (χ0n) is 11.2. The standard InChI is InChI=1S/C17H17ClFN/c18-16-7-6-15(19)9-14(16)10-17(20)13-5-4-11-2-1-3-12(11)8-13/h4-9,17H,1-3,10,20H2. The lowest BCUT2D eigenvalue weighted by Gasteiger charge is -2.15. The van der Waals surface area contributed by atoms with Crippen molar-refractivity contribution >= 4 is 11.6 Å². The summed E-state index contributed by atoms with van der Waals surface area (Å²) < 4.78 is 13.3. The summed E-state index contributed by atoms with van der Waals surface area (Å²) in [6.07, 6.45) is 4.08. The number of rotatable bonds is 3. The molecule has 2 aromatic carbocycles. The predicted molar refractivity (Wildman–Crippen MR) is 80.5 cm³/mol. The molecule has 1 unspecified atom stereocenters. The van der Waals surface area contributed by atoms with E-state index in [2.05, 4.69) is 18.2 Å². The molecule has 1 atom stereocenters. The predicted octanol–water partition coefficient (Wildman–Crippen LogP) is 4.21. The number of hydrogen-bond acceptors (Lipinski definition) is 1. The first-order valence-electron chi connectivity index (χ1n) is 6.94. The molecule has 0 fully saturated rings. The lowest BCUT2D eigenvalue weighted by molar-refractivity contribution is 0.622. The maximum atomic E-state index is 13.3. The number of halogens is 2. The van der Waals surface area contributed by atoms with Crippen LogP contribution in [-0.4, -0.2) is 0 Å². The van der Waals surface area contributed by atoms with Crippen LogP contribution in [0.3, 0.4) is 0 Å². The zero-order valence-corrected chi connectivity index (χ0v) is 12.0. The summed E-state index contributed by atoms with van der Waals surface area (Å²) in [7, 11) is 0. The molecule has 20 heavy (non-hydrogen) atoms. The van der Waals surface area contributed by atoms with Gasteiger partial charge in [-0.2, -0.15) is 0 Å². The van der Waals surface area contributed by atoms with Gasteiger partial charge < -0.3 is 5.73 Å². The van der Waals surface area contributed by atoms with Crippen molar-refractivity contribution in [3.63, 3.8) is 0 Å². The van der Waals surface area contributed by atoms with Crippen molar-refractivity contribution in [2.24, 2.45) is 5.73 Å². The van der Waals surface area contributed by atoms with E-state index in [9.17, 15) is 4.39 Å². The number of nitrogens with two attached hydrogens (primary N) is 1. The van der Waals surface area contributed by atoms with Gasteiger partial charge in [-0.1, -0.05) is 29.8 Å². The summed E-state index contributed by atoms with van der Waals surface area (Å²) in [5.74, 6) is -0.273. The Morgan fingerprint density at radius 2 is 1.90 bits per heavy atom. The van der Waals surface area contributed by atoms with E-state index in [4.69, 9.17) is 17.3 Å². The average molecular weight is 290 g/mol. The summed E-state index contributed by atoms with van der Waals surface area (Å²) in [6.45, 7) is 0. The molecule has 2 aromatic rings. The summed E-state index contributed by atoms with van der Waals surface area (Å²) in [5.41, 5.74) is 11.0. The molecule has 0 amide bonds. The maximum absolute atomic E-state index is 13.3. The van der Waals surface area contributed by atoms with Crippen molar-refractivity contribution in [3.8, 4) is 0 Å². The summed E-state index contributed by atoms with van der Waals surface area (Å²) in [5, 5.41) is 0.572. The molecule has 0 saturated carbocycles. The zero-order chi connectivity index (χ0) is 14.1. The molecule has 0 bridgehead atoms. The molecule has 0 radical (unpaired) electrons. The van der Waals surface area contributed by atoms with E-state index in [0.29, 0.717) is 11.4 Å². The van der Waals surface area contributed by atoms with Crippen LogP contribution in [0.15, 0.2) is 36.4 Å². The lowest BCUT2D eigenvalue weighted by Crippen LogP contribution is -2.14. The van der Waals surface area contributed by atoms with Crippen molar-refractivity contribution in [3.05, 3.63) is 69.5 Å². The highest BCUT2D eigenvalue weighted by Crippen LogP contribution is 2.27. The molecular formula is C17H17ClFN. The van der Waals surface area contributed by atoms with Gasteiger partial charge in [0.2, 0.25) is 0 Å². The number of fused-ring (bicyclic) bond motifs is 1. The highest BCUT2D eigenvalue weighted by Gasteiger charge is 2.15. The van der Waals surface area contributed by atoms with Crippen molar-refractivity contribution in [1.29, 1.82) is 0 Å². The molecule has 1 aliphatic rings. The first-order valence-corrected chi connectivity index (χ1v) is 7.32. The van der Waals surface area contributed by atoms with Gasteiger partial charge in [-0.05, 0) is 66.1 Å². The summed E-state index contributed by atoms with van der Waals surface area (Å²) in [4.78, 5) is 0. The van der Waals surface area contributed by atoms with E-state index in [1.807, 2.05) is 0 Å². The minimum atomic E-state index is -0.273. The Labute approximate surface area is 123 Å². The van der Waals surface area contributed by atoms with E-state index < -0.39 is 0 Å². The fourth-order valence-corrected chi connectivity index (χ4v) is 3.07. The molecule has 0 heterocycles. The second-order valence-corrected chi connectivity index (χ2v) is 5.84. The smallest absolute Gasteiger partial charge is 0.123 e. The van der Waals surface area contributed by atoms with Gasteiger partial charge in [0.1, 0.15) is 5.82 Å². The van der Waals surface area contributed by atoms with E-state index >= 15 is 0 Å². The maximum Gasteiger partial charge on any atom is 0.123 e. The monoisotopic (exact) mass is 289 g/mol. The van der Waals surface area contributed by atoms with E-state index in [1.165, 1.54) is 36.1 Å². The Kier molecular flexibility index (Phi) is 3.77. The van der Waals surface area contributed by atoms with Gasteiger partial charge in [0.25, 0.3) is 0 Å². The Morgan fingerprint density at radius 1 is 1.10 bits per heavy atom. The average Bonchev–Trinajstić information content (AvgIpc) is 2.90. The molecule has 0 aliphatic heterocycles. The Bertz CT molecular complexity index is 639. The van der Waals surface area contributed by atoms with Crippen LogP contribution < -0.4 is 5.73 Å². The van der Waals surface area contributed by atoms with Crippen LogP contribution in [0.2, 0.25) is 5.02 Å². The third-order valence-electron chi connectivity index (χ3n) is 4.00. The third-order valence-corrected chi connectivity index (χ3v) is 4.37. The minimum absolute atomic E-state index is 0.153. The molecule has 104 valence electrons. The van der Waals surface area contributed by atoms with Gasteiger partial charge >= 0.3 is 0 Å². The first kappa shape index (κ1) is 13.6. The fourth-order valence-electron chi connectivity index (χ4n) is 2.88. The van der Waals surface area contributed by atoms with Crippen molar-refractivity contribution in [2.45, 2.75) is 31.7 Å². The van der Waals surface area contributed by atoms with Crippen molar-refractivity contribution < 1.29 is 4.39 Å². The van der Waals surface area contributed by atoms with Gasteiger partial charge in [-0.25, -0.2) is 4.39 Å². The lowest BCUT2D eigenvalue weighted by atomic mass is 9.96. The highest BCUT2D eigenvalue weighted by molar-refractivity contribution is 6.31. The highest BCUT2D eigenvalue weighted by atomic mass is 35.5. The van der Waals surface area contributed by atoms with Crippen molar-refractivity contribution in [2.75, 3.05) is 0 Å². The SMILES string of the molecule is NC(Cc1cc(F)ccc1Cl)c1ccc2c(c1)CCC2. The molecule has 2 N–H and O–H groups in total. The van der Waals surface area contributed by atoms with Gasteiger partial charge in [0.05, 0.1) is 0 Å². The second kappa shape index (κ2) is 5.55. The van der Waals surface area contributed by atoms with Crippen LogP contribution in [-0.2, 0) is 19.3 Å². The molecule has 3 heteroatoms. The molecule has 0 aromatic heterocycles. The van der Waals surface area contributed by atoms with E-state index in [0.717, 1.165) is 17.5 Å². The summed E-state index contributed by atoms with van der Waals surface area (Å²) in [6, 6.07) is 10.7. The normalized spacial score (nSPS) is 15.2. The van der Waals surface area contributed by atoms with Crippen LogP contribution in [0.4, 0.5) is 4.39 Å². The van der Waals surface area contributed by atoms with Gasteiger partial charge in [-0.3, -0.25) is 0 Å². The summed E-state index contributed by atoms with van der Waals surface area (Å²) >= 11 is 6.10. The van der Waals surface area contributed by atoms with Crippen LogP contribution >= 0.6 is 11.6 Å². The van der Waals surface area contributed by atoms with Crippen LogP contribution in [0.1, 0.15) is 34.7 Å². The number of benzene rings is 2. The topological polar surface area (TPSA) is 26.0 Å². The number of aryl methyl sites for hydroxylation is 2. The molecule has 0 spiro atoms. The molecule has 1 aliphatic carbocycles. The Balaban J connectivity index is 1.82. The number of hydrogen-bond donors (Lipinski definition) is 1. The third kappa shape index (κ3) is 2.72. The molecular weight excluding hydrogens is 273 g/mol. The minimum Gasteiger partial charge on any atom is -0.324 e. The Hall–Kier alpha value is -1.38. The van der Waals surface area contributed by atoms with Crippen molar-refractivity contribution in [1.82, 2.24) is 0 Å². The van der Waals surface area contributed by atoms with Gasteiger partial charge in [0, 0.05) is 11.1 Å². The van der Waals surface area contributed by atoms with Crippen LogP contribution in [0.5, 0.6) is 0 Å².